The molecule has 0 bridgehead atoms. The fraction of sp³-hybridized carbons (Fsp3) is 0.600. The molecular weight excluding hydrogens is 168 g/mol. The van der Waals surface area contributed by atoms with Crippen molar-refractivity contribution in [1.29, 1.82) is 0 Å². The number of ether oxygens (including phenoxy) is 1. The Morgan fingerprint density at radius 1 is 1.46 bits per heavy atom. The standard InChI is InChI=1S/C10H16O3/c1-5-8(4)9(11)6-13-10(12)7(2)3/h8H,2,5-6H2,1,3-4H3. The highest BCUT2D eigenvalue weighted by Crippen LogP contribution is 2.03. The van der Waals surface area contributed by atoms with Gasteiger partial charge in [-0.15, -0.1) is 0 Å². The van der Waals surface area contributed by atoms with Gasteiger partial charge in [-0.05, 0) is 13.3 Å². The fourth-order valence-corrected chi connectivity index (χ4v) is 0.630. The molecule has 3 heteroatoms. The van der Waals surface area contributed by atoms with Gasteiger partial charge < -0.3 is 4.74 Å². The lowest BCUT2D eigenvalue weighted by molar-refractivity contribution is -0.145. The zero-order chi connectivity index (χ0) is 10.4. The fourth-order valence-electron chi connectivity index (χ4n) is 0.630. The summed E-state index contributed by atoms with van der Waals surface area (Å²) in [6.45, 7) is 8.56. The van der Waals surface area contributed by atoms with Crippen molar-refractivity contribution in [2.24, 2.45) is 5.92 Å². The molecule has 0 aromatic carbocycles. The lowest BCUT2D eigenvalue weighted by Gasteiger charge is -2.07. The molecule has 0 aromatic rings. The molecule has 0 radical (unpaired) electrons. The monoisotopic (exact) mass is 184 g/mol. The Kier molecular flexibility index (Phi) is 5.04. The molecule has 0 aliphatic rings. The van der Waals surface area contributed by atoms with E-state index in [0.717, 1.165) is 6.42 Å². The third kappa shape index (κ3) is 4.45. The van der Waals surface area contributed by atoms with Crippen LogP contribution in [0.3, 0.4) is 0 Å². The molecule has 0 aromatic heterocycles. The first-order valence-electron chi connectivity index (χ1n) is 4.34. The Bertz CT molecular complexity index is 218. The zero-order valence-electron chi connectivity index (χ0n) is 8.42. The number of hydrogen-bond acceptors (Lipinski definition) is 3. The van der Waals surface area contributed by atoms with E-state index in [-0.39, 0.29) is 18.3 Å². The summed E-state index contributed by atoms with van der Waals surface area (Å²) in [6.07, 6.45) is 0.767. The van der Waals surface area contributed by atoms with E-state index in [0.29, 0.717) is 5.57 Å². The first-order valence-corrected chi connectivity index (χ1v) is 4.34. The molecule has 0 heterocycles. The SMILES string of the molecule is C=C(C)C(=O)OCC(=O)C(C)CC. The minimum Gasteiger partial charge on any atom is -0.454 e. The van der Waals surface area contributed by atoms with Crippen molar-refractivity contribution in [2.45, 2.75) is 27.2 Å². The van der Waals surface area contributed by atoms with Gasteiger partial charge >= 0.3 is 5.97 Å². The van der Waals surface area contributed by atoms with E-state index in [2.05, 4.69) is 6.58 Å². The van der Waals surface area contributed by atoms with Crippen LogP contribution >= 0.6 is 0 Å². The second-order valence-electron chi connectivity index (χ2n) is 3.13. The van der Waals surface area contributed by atoms with Crippen LogP contribution < -0.4 is 0 Å². The maximum atomic E-state index is 11.2. The van der Waals surface area contributed by atoms with Gasteiger partial charge in [-0.25, -0.2) is 4.79 Å². The summed E-state index contributed by atoms with van der Waals surface area (Å²) in [4.78, 5) is 22.1. The van der Waals surface area contributed by atoms with Crippen LogP contribution in [0.4, 0.5) is 0 Å². The van der Waals surface area contributed by atoms with Crippen LogP contribution in [0.15, 0.2) is 12.2 Å². The van der Waals surface area contributed by atoms with Gasteiger partial charge in [0.2, 0.25) is 0 Å². The number of carbonyl (C=O) groups is 2. The van der Waals surface area contributed by atoms with Gasteiger partial charge in [0.15, 0.2) is 12.4 Å². The van der Waals surface area contributed by atoms with Crippen LogP contribution in [0.25, 0.3) is 0 Å². The number of rotatable bonds is 5. The number of carbonyl (C=O) groups excluding carboxylic acids is 2. The Labute approximate surface area is 78.8 Å². The van der Waals surface area contributed by atoms with Crippen molar-refractivity contribution < 1.29 is 14.3 Å². The highest BCUT2D eigenvalue weighted by molar-refractivity contribution is 5.90. The number of Topliss-reactive ketones (excluding diaryl/α,β-unsaturated/α-hetero) is 1. The predicted molar refractivity (Wildman–Crippen MR) is 50.2 cm³/mol. The first-order chi connectivity index (χ1) is 5.99. The van der Waals surface area contributed by atoms with Crippen LogP contribution in [0.1, 0.15) is 27.2 Å². The van der Waals surface area contributed by atoms with E-state index < -0.39 is 5.97 Å². The molecular formula is C10H16O3. The van der Waals surface area contributed by atoms with Crippen molar-refractivity contribution in [3.8, 4) is 0 Å². The minimum absolute atomic E-state index is 0.0436. The molecule has 0 spiro atoms. The molecule has 0 aliphatic carbocycles. The highest BCUT2D eigenvalue weighted by Gasteiger charge is 2.13. The van der Waals surface area contributed by atoms with E-state index in [1.165, 1.54) is 0 Å². The van der Waals surface area contributed by atoms with Crippen LogP contribution in [-0.2, 0) is 14.3 Å². The van der Waals surface area contributed by atoms with Gasteiger partial charge in [-0.1, -0.05) is 20.4 Å². The smallest absolute Gasteiger partial charge is 0.333 e. The second kappa shape index (κ2) is 5.51. The maximum absolute atomic E-state index is 11.2. The number of esters is 1. The average Bonchev–Trinajstić information content (AvgIpc) is 2.11. The lowest BCUT2D eigenvalue weighted by Crippen LogP contribution is -2.19. The summed E-state index contributed by atoms with van der Waals surface area (Å²) < 4.78 is 4.70. The maximum Gasteiger partial charge on any atom is 0.333 e. The van der Waals surface area contributed by atoms with E-state index in [9.17, 15) is 9.59 Å². The highest BCUT2D eigenvalue weighted by atomic mass is 16.5. The van der Waals surface area contributed by atoms with Gasteiger partial charge in [-0.3, -0.25) is 4.79 Å². The molecule has 0 fully saturated rings. The van der Waals surface area contributed by atoms with Crippen molar-refractivity contribution in [3.63, 3.8) is 0 Å². The Morgan fingerprint density at radius 2 is 2.00 bits per heavy atom. The molecule has 0 rings (SSSR count). The lowest BCUT2D eigenvalue weighted by atomic mass is 10.1. The van der Waals surface area contributed by atoms with E-state index in [1.807, 2.05) is 13.8 Å². The van der Waals surface area contributed by atoms with Crippen LogP contribution in [0.2, 0.25) is 0 Å². The quantitative estimate of drug-likeness (QED) is 0.482. The molecule has 74 valence electrons. The Balaban J connectivity index is 3.83. The normalized spacial score (nSPS) is 11.9. The molecule has 0 amide bonds. The van der Waals surface area contributed by atoms with Gasteiger partial charge in [0.25, 0.3) is 0 Å². The first kappa shape index (κ1) is 11.9. The molecule has 3 nitrogen and oxygen atoms in total. The molecule has 1 unspecified atom stereocenters. The zero-order valence-corrected chi connectivity index (χ0v) is 8.42. The number of hydrogen-bond donors (Lipinski definition) is 0. The van der Waals surface area contributed by atoms with Gasteiger partial charge in [0.05, 0.1) is 0 Å². The summed E-state index contributed by atoms with van der Waals surface area (Å²) in [5, 5.41) is 0. The summed E-state index contributed by atoms with van der Waals surface area (Å²) >= 11 is 0. The van der Waals surface area contributed by atoms with Crippen molar-refractivity contribution in [2.75, 3.05) is 6.61 Å². The molecule has 1 atom stereocenters. The van der Waals surface area contributed by atoms with Crippen molar-refractivity contribution >= 4 is 11.8 Å². The molecule has 13 heavy (non-hydrogen) atoms. The minimum atomic E-state index is -0.503. The summed E-state index contributed by atoms with van der Waals surface area (Å²) in [6, 6.07) is 0. The van der Waals surface area contributed by atoms with E-state index in [4.69, 9.17) is 4.74 Å². The summed E-state index contributed by atoms with van der Waals surface area (Å²) in [7, 11) is 0. The number of ketones is 1. The van der Waals surface area contributed by atoms with Gasteiger partial charge in [0, 0.05) is 11.5 Å². The molecule has 0 aliphatic heterocycles. The second-order valence-corrected chi connectivity index (χ2v) is 3.13. The van der Waals surface area contributed by atoms with E-state index in [1.54, 1.807) is 6.92 Å². The van der Waals surface area contributed by atoms with Crippen molar-refractivity contribution in [3.05, 3.63) is 12.2 Å². The third-order valence-electron chi connectivity index (χ3n) is 1.86. The van der Waals surface area contributed by atoms with Crippen LogP contribution in [-0.4, -0.2) is 18.4 Å². The van der Waals surface area contributed by atoms with E-state index >= 15 is 0 Å². The van der Waals surface area contributed by atoms with Crippen LogP contribution in [0.5, 0.6) is 0 Å². The molecule has 0 N–H and O–H groups in total. The van der Waals surface area contributed by atoms with Gasteiger partial charge in [0.1, 0.15) is 0 Å². The van der Waals surface area contributed by atoms with Crippen LogP contribution in [0, 0.1) is 5.92 Å². The molecule has 0 saturated heterocycles. The topological polar surface area (TPSA) is 43.4 Å². The summed E-state index contributed by atoms with van der Waals surface area (Å²) in [5.41, 5.74) is 0.317. The van der Waals surface area contributed by atoms with Crippen molar-refractivity contribution in [1.82, 2.24) is 0 Å². The summed E-state index contributed by atoms with van der Waals surface area (Å²) in [5.74, 6) is -0.591. The molecule has 0 saturated carbocycles. The Morgan fingerprint density at radius 3 is 2.38 bits per heavy atom. The Hall–Kier alpha value is -1.12. The van der Waals surface area contributed by atoms with Gasteiger partial charge in [-0.2, -0.15) is 0 Å². The third-order valence-corrected chi connectivity index (χ3v) is 1.86. The largest absolute Gasteiger partial charge is 0.454 e. The average molecular weight is 184 g/mol. The predicted octanol–water partition coefficient (Wildman–Crippen LogP) is 1.72.